The van der Waals surface area contributed by atoms with Gasteiger partial charge in [0.15, 0.2) is 0 Å². The van der Waals surface area contributed by atoms with E-state index in [0.717, 1.165) is 30.4 Å². The van der Waals surface area contributed by atoms with E-state index in [0.29, 0.717) is 41.4 Å². The van der Waals surface area contributed by atoms with Gasteiger partial charge in [0, 0.05) is 54.6 Å². The highest BCUT2D eigenvalue weighted by Gasteiger charge is 2.26. The lowest BCUT2D eigenvalue weighted by Crippen LogP contribution is -2.47. The molecule has 0 atom stereocenters. The fourth-order valence-corrected chi connectivity index (χ4v) is 4.30. The van der Waals surface area contributed by atoms with Crippen LogP contribution in [0.2, 0.25) is 0 Å². The molecule has 1 aliphatic rings. The predicted octanol–water partition coefficient (Wildman–Crippen LogP) is 4.85. The van der Waals surface area contributed by atoms with Gasteiger partial charge in [-0.25, -0.2) is 0 Å². The summed E-state index contributed by atoms with van der Waals surface area (Å²) >= 11 is 1.44. The molecule has 1 aliphatic heterocycles. The van der Waals surface area contributed by atoms with Crippen LogP contribution in [-0.4, -0.2) is 77.5 Å². The number of allylic oxidation sites excluding steroid dienone is 2. The van der Waals surface area contributed by atoms with E-state index in [-0.39, 0.29) is 11.8 Å². The van der Waals surface area contributed by atoms with E-state index in [1.165, 1.54) is 17.8 Å². The van der Waals surface area contributed by atoms with Gasteiger partial charge in [-0.1, -0.05) is 30.4 Å². The summed E-state index contributed by atoms with van der Waals surface area (Å²) in [6.07, 6.45) is 5.92. The number of hydrogen-bond donors (Lipinski definition) is 2. The quantitative estimate of drug-likeness (QED) is 0.199. The third-order valence-corrected chi connectivity index (χ3v) is 6.52. The highest BCUT2D eigenvalue weighted by molar-refractivity contribution is 7.99. The minimum Gasteiger partial charge on any atom is -0.358 e. The zero-order valence-corrected chi connectivity index (χ0v) is 22.1. The maximum absolute atomic E-state index is 13.2. The molecule has 0 aromatic carbocycles. The number of aromatic nitrogens is 1. The first kappa shape index (κ1) is 29.5. The summed E-state index contributed by atoms with van der Waals surface area (Å²) < 4.78 is 36.5. The maximum Gasteiger partial charge on any atom is 0.392 e. The van der Waals surface area contributed by atoms with Crippen LogP contribution < -0.4 is 5.32 Å². The summed E-state index contributed by atoms with van der Waals surface area (Å²) in [5, 5.41) is 2.70. The van der Waals surface area contributed by atoms with Crippen molar-refractivity contribution in [3.63, 3.8) is 0 Å². The number of aryl methyl sites for hydroxylation is 1. The molecule has 2 heterocycles. The van der Waals surface area contributed by atoms with E-state index in [1.54, 1.807) is 37.4 Å². The summed E-state index contributed by atoms with van der Waals surface area (Å²) in [7, 11) is 2.04. The molecule has 0 radical (unpaired) electrons. The van der Waals surface area contributed by atoms with Crippen molar-refractivity contribution in [2.45, 2.75) is 33.4 Å². The Kier molecular flexibility index (Phi) is 11.6. The van der Waals surface area contributed by atoms with Crippen molar-refractivity contribution in [1.29, 1.82) is 0 Å². The van der Waals surface area contributed by atoms with Gasteiger partial charge in [0.05, 0.1) is 12.0 Å². The van der Waals surface area contributed by atoms with Crippen molar-refractivity contribution in [2.24, 2.45) is 0 Å². The summed E-state index contributed by atoms with van der Waals surface area (Å²) in [6, 6.07) is 0. The molecule has 2 N–H and O–H groups in total. The fourth-order valence-electron chi connectivity index (χ4n) is 3.66. The monoisotopic (exact) mass is 524 g/mol. The predicted molar refractivity (Wildman–Crippen MR) is 141 cm³/mol. The van der Waals surface area contributed by atoms with Crippen LogP contribution in [0.15, 0.2) is 42.2 Å². The zero-order chi connectivity index (χ0) is 26.7. The number of carbonyl (C=O) groups is 2. The van der Waals surface area contributed by atoms with Crippen LogP contribution >= 0.6 is 11.8 Å². The molecule has 2 amide bonds. The van der Waals surface area contributed by atoms with Crippen molar-refractivity contribution < 1.29 is 22.8 Å². The molecular weight excluding hydrogens is 489 g/mol. The molecule has 0 bridgehead atoms. The van der Waals surface area contributed by atoms with Gasteiger partial charge >= 0.3 is 6.18 Å². The second kappa shape index (κ2) is 14.1. The number of H-pyrrole nitrogens is 1. The second-order valence-electron chi connectivity index (χ2n) is 8.56. The van der Waals surface area contributed by atoms with Crippen LogP contribution in [0.5, 0.6) is 0 Å². The molecule has 6 nitrogen and oxygen atoms in total. The molecule has 1 saturated heterocycles. The molecular formula is C26H35F3N4O2S. The molecule has 36 heavy (non-hydrogen) atoms. The molecule has 0 spiro atoms. The average molecular weight is 525 g/mol. The summed E-state index contributed by atoms with van der Waals surface area (Å²) in [6.45, 7) is 8.52. The van der Waals surface area contributed by atoms with E-state index >= 15 is 0 Å². The minimum atomic E-state index is -4.19. The molecule has 0 aliphatic carbocycles. The maximum atomic E-state index is 13.2. The van der Waals surface area contributed by atoms with E-state index in [4.69, 9.17) is 0 Å². The SMILES string of the molecule is C/C=C/NC(=O)C(=C\c1[nH]c(C)c(C(=O)N2CCN(C)CC2)c1C)/C=C/CSC/C=C/CC(F)(F)F. The molecule has 1 aromatic rings. The van der Waals surface area contributed by atoms with Crippen molar-refractivity contribution >= 4 is 29.7 Å². The van der Waals surface area contributed by atoms with Gasteiger partial charge in [-0.05, 0) is 45.7 Å². The standard InChI is InChI=1S/C26H35F3N4O2S/c1-5-11-30-24(34)21(9-8-17-36-16-7-6-10-26(27,28)29)18-22-19(2)23(20(3)31-22)25(35)33-14-12-32(4)13-15-33/h5-9,11,18,31H,10,12-17H2,1-4H3,(H,30,34)/b7-6+,9-8+,11-5+,21-18-. The number of carbonyl (C=O) groups excluding carboxylic acids is 2. The summed E-state index contributed by atoms with van der Waals surface area (Å²) in [5.74, 6) is 0.648. The number of nitrogens with zero attached hydrogens (tertiary/aromatic N) is 2. The van der Waals surface area contributed by atoms with E-state index in [1.807, 2.05) is 25.8 Å². The Labute approximate surface area is 215 Å². The second-order valence-corrected chi connectivity index (χ2v) is 9.64. The molecule has 2 rings (SSSR count). The number of piperazine rings is 1. The van der Waals surface area contributed by atoms with Crippen LogP contribution in [0.3, 0.4) is 0 Å². The van der Waals surface area contributed by atoms with E-state index in [2.05, 4.69) is 15.2 Å². The smallest absolute Gasteiger partial charge is 0.358 e. The lowest BCUT2D eigenvalue weighted by atomic mass is 10.1. The van der Waals surface area contributed by atoms with Crippen molar-refractivity contribution in [2.75, 3.05) is 44.7 Å². The number of rotatable bonds is 10. The number of nitrogens with one attached hydrogen (secondary N) is 2. The number of hydrogen-bond acceptors (Lipinski definition) is 4. The third-order valence-electron chi connectivity index (χ3n) is 5.67. The Hall–Kier alpha value is -2.72. The van der Waals surface area contributed by atoms with Crippen molar-refractivity contribution in [3.05, 3.63) is 64.7 Å². The number of likely N-dealkylation sites (N-methyl/N-ethyl adjacent to an activating group) is 1. The van der Waals surface area contributed by atoms with Gasteiger partial charge in [0.25, 0.3) is 11.8 Å². The number of aromatic amines is 1. The van der Waals surface area contributed by atoms with Gasteiger partial charge in [-0.2, -0.15) is 24.9 Å². The minimum absolute atomic E-state index is 0.0144. The number of alkyl halides is 3. The van der Waals surface area contributed by atoms with Crippen LogP contribution in [0.4, 0.5) is 13.2 Å². The highest BCUT2D eigenvalue weighted by atomic mass is 32.2. The first-order valence-electron chi connectivity index (χ1n) is 11.8. The van der Waals surface area contributed by atoms with Crippen LogP contribution in [-0.2, 0) is 4.79 Å². The Morgan fingerprint density at radius 1 is 1.08 bits per heavy atom. The fraction of sp³-hybridized carbons (Fsp3) is 0.462. The number of thioether (sulfide) groups is 1. The van der Waals surface area contributed by atoms with Crippen molar-refractivity contribution in [1.82, 2.24) is 20.1 Å². The molecule has 1 fully saturated rings. The van der Waals surface area contributed by atoms with Gasteiger partial charge < -0.3 is 20.1 Å². The summed E-state index contributed by atoms with van der Waals surface area (Å²) in [5.41, 5.74) is 3.24. The largest absolute Gasteiger partial charge is 0.392 e. The average Bonchev–Trinajstić information content (AvgIpc) is 3.10. The van der Waals surface area contributed by atoms with Gasteiger partial charge in [-0.3, -0.25) is 9.59 Å². The van der Waals surface area contributed by atoms with E-state index in [9.17, 15) is 22.8 Å². The third kappa shape index (κ3) is 9.39. The topological polar surface area (TPSA) is 68.4 Å². The Morgan fingerprint density at radius 2 is 1.75 bits per heavy atom. The first-order chi connectivity index (χ1) is 17.0. The summed E-state index contributed by atoms with van der Waals surface area (Å²) in [4.78, 5) is 33.2. The molecule has 1 aromatic heterocycles. The van der Waals surface area contributed by atoms with Gasteiger partial charge in [0.1, 0.15) is 0 Å². The highest BCUT2D eigenvalue weighted by Crippen LogP contribution is 2.23. The number of amides is 2. The molecule has 0 unspecified atom stereocenters. The van der Waals surface area contributed by atoms with Gasteiger partial charge in [-0.15, -0.1) is 0 Å². The Morgan fingerprint density at radius 3 is 2.39 bits per heavy atom. The normalized spacial score (nSPS) is 16.1. The molecule has 10 heteroatoms. The number of halogens is 3. The first-order valence-corrected chi connectivity index (χ1v) is 13.0. The lowest BCUT2D eigenvalue weighted by molar-refractivity contribution is -0.125. The Bertz CT molecular complexity index is 1020. The van der Waals surface area contributed by atoms with Crippen LogP contribution in [0.25, 0.3) is 6.08 Å². The zero-order valence-electron chi connectivity index (χ0n) is 21.2. The lowest BCUT2D eigenvalue weighted by Gasteiger charge is -2.32. The van der Waals surface area contributed by atoms with E-state index < -0.39 is 12.6 Å². The molecule has 198 valence electrons. The van der Waals surface area contributed by atoms with Crippen LogP contribution in [0.1, 0.15) is 40.7 Å². The molecule has 0 saturated carbocycles. The van der Waals surface area contributed by atoms with Crippen LogP contribution in [0, 0.1) is 13.8 Å². The van der Waals surface area contributed by atoms with Crippen molar-refractivity contribution in [3.8, 4) is 0 Å². The van der Waals surface area contributed by atoms with Gasteiger partial charge in [0.2, 0.25) is 0 Å². The Balaban J connectivity index is 2.15.